The van der Waals surface area contributed by atoms with Gasteiger partial charge in [-0.1, -0.05) is 36.4 Å². The Morgan fingerprint density at radius 2 is 1.82 bits per heavy atom. The zero-order chi connectivity index (χ0) is 19.5. The molecule has 1 N–H and O–H groups in total. The van der Waals surface area contributed by atoms with E-state index in [1.54, 1.807) is 19.3 Å². The summed E-state index contributed by atoms with van der Waals surface area (Å²) in [6.45, 7) is 2.06. The maximum Gasteiger partial charge on any atom is 0.348 e. The van der Waals surface area contributed by atoms with E-state index in [9.17, 15) is 9.90 Å². The summed E-state index contributed by atoms with van der Waals surface area (Å²) < 4.78 is 5.22. The van der Waals surface area contributed by atoms with Crippen LogP contribution in [0.15, 0.2) is 73.1 Å². The number of ether oxygens (including phenoxy) is 1. The van der Waals surface area contributed by atoms with Gasteiger partial charge in [0.15, 0.2) is 0 Å². The lowest BCUT2D eigenvalue weighted by molar-refractivity contribution is 0.0527. The molecule has 140 valence electrons. The van der Waals surface area contributed by atoms with Gasteiger partial charge in [-0.2, -0.15) is 0 Å². The molecule has 0 radical (unpaired) electrons. The molecule has 0 aliphatic heterocycles. The van der Waals surface area contributed by atoms with Crippen molar-refractivity contribution in [2.24, 2.45) is 0 Å². The van der Waals surface area contributed by atoms with Gasteiger partial charge in [-0.25, -0.2) is 4.79 Å². The molecule has 0 amide bonds. The normalized spacial score (nSPS) is 12.1. The summed E-state index contributed by atoms with van der Waals surface area (Å²) >= 11 is 1.32. The number of aliphatic hydroxyl groups excluding tert-OH is 1. The number of hydrogen-bond acceptors (Lipinski definition) is 5. The smallest absolute Gasteiger partial charge is 0.348 e. The third-order valence-corrected chi connectivity index (χ3v) is 5.75. The van der Waals surface area contributed by atoms with Crippen molar-refractivity contribution in [1.82, 2.24) is 4.98 Å². The first-order valence-electron chi connectivity index (χ1n) is 9.05. The Labute approximate surface area is 167 Å². The fourth-order valence-electron chi connectivity index (χ4n) is 3.18. The van der Waals surface area contributed by atoms with Crippen LogP contribution in [-0.2, 0) is 4.74 Å². The van der Waals surface area contributed by atoms with Gasteiger partial charge < -0.3 is 9.84 Å². The fraction of sp³-hybridized carbons (Fsp3) is 0.130. The lowest BCUT2D eigenvalue weighted by atomic mass is 9.98. The molecule has 1 unspecified atom stereocenters. The number of carbonyl (C=O) groups is 1. The Bertz CT molecular complexity index is 1120. The van der Waals surface area contributed by atoms with Gasteiger partial charge in [0.25, 0.3) is 0 Å². The molecule has 4 nitrogen and oxygen atoms in total. The van der Waals surface area contributed by atoms with Gasteiger partial charge in [0.1, 0.15) is 11.0 Å². The van der Waals surface area contributed by atoms with Crippen LogP contribution in [-0.4, -0.2) is 22.7 Å². The second-order valence-electron chi connectivity index (χ2n) is 6.36. The summed E-state index contributed by atoms with van der Waals surface area (Å²) in [6, 6.07) is 19.5. The highest BCUT2D eigenvalue weighted by atomic mass is 32.1. The molecule has 2 aromatic carbocycles. The molecular formula is C23H19NO3S. The molecular weight excluding hydrogens is 370 g/mol. The van der Waals surface area contributed by atoms with E-state index in [1.807, 2.05) is 60.7 Å². The maximum absolute atomic E-state index is 12.5. The zero-order valence-corrected chi connectivity index (χ0v) is 16.1. The topological polar surface area (TPSA) is 59.4 Å². The summed E-state index contributed by atoms with van der Waals surface area (Å²) in [7, 11) is 0. The molecule has 4 rings (SSSR count). The lowest BCUT2D eigenvalue weighted by Gasteiger charge is -2.13. The molecule has 28 heavy (non-hydrogen) atoms. The third-order valence-electron chi connectivity index (χ3n) is 4.57. The van der Waals surface area contributed by atoms with Crippen molar-refractivity contribution in [3.8, 4) is 10.4 Å². The van der Waals surface area contributed by atoms with E-state index in [2.05, 4.69) is 4.98 Å². The second-order valence-corrected chi connectivity index (χ2v) is 7.41. The number of benzene rings is 2. The number of nitrogens with zero attached hydrogens (tertiary/aromatic N) is 1. The molecule has 2 aromatic heterocycles. The molecule has 5 heteroatoms. The highest BCUT2D eigenvalue weighted by Gasteiger charge is 2.24. The monoisotopic (exact) mass is 389 g/mol. The van der Waals surface area contributed by atoms with Crippen molar-refractivity contribution in [3.63, 3.8) is 0 Å². The van der Waals surface area contributed by atoms with Crippen LogP contribution < -0.4 is 0 Å². The number of rotatable bonds is 5. The van der Waals surface area contributed by atoms with Gasteiger partial charge in [-0.3, -0.25) is 4.98 Å². The first-order chi connectivity index (χ1) is 13.7. The first kappa shape index (κ1) is 18.3. The van der Waals surface area contributed by atoms with E-state index in [-0.39, 0.29) is 6.61 Å². The van der Waals surface area contributed by atoms with Crippen molar-refractivity contribution in [2.45, 2.75) is 13.0 Å². The van der Waals surface area contributed by atoms with E-state index in [0.717, 1.165) is 26.8 Å². The van der Waals surface area contributed by atoms with E-state index in [1.165, 1.54) is 11.3 Å². The van der Waals surface area contributed by atoms with E-state index >= 15 is 0 Å². The Balaban J connectivity index is 1.79. The maximum atomic E-state index is 12.5. The average Bonchev–Trinajstić information content (AvgIpc) is 3.19. The largest absolute Gasteiger partial charge is 0.462 e. The number of aromatic nitrogens is 1. The summed E-state index contributed by atoms with van der Waals surface area (Å²) in [5, 5.41) is 13.2. The Hall–Kier alpha value is -3.02. The van der Waals surface area contributed by atoms with Gasteiger partial charge in [-0.05, 0) is 53.1 Å². The van der Waals surface area contributed by atoms with Crippen LogP contribution in [0.1, 0.15) is 33.8 Å². The predicted octanol–water partition coefficient (Wildman–Crippen LogP) is 5.22. The number of fused-ring (bicyclic) bond motifs is 1. The van der Waals surface area contributed by atoms with Crippen LogP contribution in [0.4, 0.5) is 0 Å². The van der Waals surface area contributed by atoms with Crippen LogP contribution in [0, 0.1) is 0 Å². The molecule has 0 aliphatic rings. The molecule has 2 heterocycles. The van der Waals surface area contributed by atoms with Crippen molar-refractivity contribution >= 4 is 28.1 Å². The minimum Gasteiger partial charge on any atom is -0.462 e. The van der Waals surface area contributed by atoms with Crippen LogP contribution in [0.3, 0.4) is 0 Å². The summed E-state index contributed by atoms with van der Waals surface area (Å²) in [4.78, 5) is 17.9. The zero-order valence-electron chi connectivity index (χ0n) is 15.3. The molecule has 0 spiro atoms. The Morgan fingerprint density at radius 1 is 1.07 bits per heavy atom. The van der Waals surface area contributed by atoms with Crippen molar-refractivity contribution < 1.29 is 14.6 Å². The van der Waals surface area contributed by atoms with E-state index in [0.29, 0.717) is 10.4 Å². The molecule has 4 aromatic rings. The SMILES string of the molecule is CCOC(=O)c1sc(-c2ccncc2)cc1C(O)c1ccc2ccccc2c1. The number of hydrogen-bond donors (Lipinski definition) is 1. The minimum atomic E-state index is -0.921. The summed E-state index contributed by atoms with van der Waals surface area (Å²) in [5.74, 6) is -0.414. The Morgan fingerprint density at radius 3 is 2.57 bits per heavy atom. The molecule has 0 saturated heterocycles. The van der Waals surface area contributed by atoms with Gasteiger partial charge in [0.05, 0.1) is 6.61 Å². The molecule has 1 atom stereocenters. The van der Waals surface area contributed by atoms with Crippen LogP contribution in [0.2, 0.25) is 0 Å². The van der Waals surface area contributed by atoms with Gasteiger partial charge in [-0.15, -0.1) is 11.3 Å². The van der Waals surface area contributed by atoms with Gasteiger partial charge in [0.2, 0.25) is 0 Å². The fourth-order valence-corrected chi connectivity index (χ4v) is 4.27. The summed E-state index contributed by atoms with van der Waals surface area (Å²) in [6.07, 6.45) is 2.49. The standard InChI is InChI=1S/C23H19NO3S/c1-2-27-23(26)22-19(14-20(28-22)16-9-11-24-12-10-16)21(25)18-8-7-15-5-3-4-6-17(15)13-18/h3-14,21,25H,2H2,1H3. The number of aliphatic hydroxyl groups is 1. The third kappa shape index (κ3) is 3.54. The van der Waals surface area contributed by atoms with Crippen LogP contribution in [0.25, 0.3) is 21.2 Å². The number of carbonyl (C=O) groups excluding carboxylic acids is 1. The predicted molar refractivity (Wildman–Crippen MR) is 112 cm³/mol. The lowest BCUT2D eigenvalue weighted by Crippen LogP contribution is -2.08. The molecule has 0 bridgehead atoms. The Kier molecular flexibility index (Phi) is 5.19. The van der Waals surface area contributed by atoms with Gasteiger partial charge in [0, 0.05) is 22.8 Å². The van der Waals surface area contributed by atoms with Crippen LogP contribution >= 0.6 is 11.3 Å². The summed E-state index contributed by atoms with van der Waals surface area (Å²) in [5.41, 5.74) is 2.25. The minimum absolute atomic E-state index is 0.285. The van der Waals surface area contributed by atoms with E-state index < -0.39 is 12.1 Å². The van der Waals surface area contributed by atoms with Crippen molar-refractivity contribution in [3.05, 3.63) is 89.1 Å². The molecule has 0 saturated carbocycles. The number of esters is 1. The quantitative estimate of drug-likeness (QED) is 0.475. The first-order valence-corrected chi connectivity index (χ1v) is 9.87. The number of pyridine rings is 1. The van der Waals surface area contributed by atoms with Crippen molar-refractivity contribution in [2.75, 3.05) is 6.61 Å². The van der Waals surface area contributed by atoms with Gasteiger partial charge >= 0.3 is 5.97 Å². The number of thiophene rings is 1. The van der Waals surface area contributed by atoms with Crippen LogP contribution in [0.5, 0.6) is 0 Å². The van der Waals surface area contributed by atoms with Crippen molar-refractivity contribution in [1.29, 1.82) is 0 Å². The molecule has 0 fully saturated rings. The highest BCUT2D eigenvalue weighted by Crippen LogP contribution is 2.37. The highest BCUT2D eigenvalue weighted by molar-refractivity contribution is 7.17. The average molecular weight is 389 g/mol. The molecule has 0 aliphatic carbocycles. The second kappa shape index (κ2) is 7.92. The van der Waals surface area contributed by atoms with E-state index in [4.69, 9.17) is 4.74 Å².